The molecule has 2 fully saturated rings. The standard InChI is InChI=1S/C14H17F3N2O2S.ClH/c15-14(16,17)5-10-1-3-13(4-2-10)22(20,21)19-8-11-6-18-7-12(11)9-19;/h1-4,11-12,18H,5-9H2;1H/t11-,12+;. The van der Waals surface area contributed by atoms with E-state index in [2.05, 4.69) is 5.32 Å². The van der Waals surface area contributed by atoms with Crippen LogP contribution in [-0.4, -0.2) is 45.1 Å². The van der Waals surface area contributed by atoms with E-state index >= 15 is 0 Å². The third kappa shape index (κ3) is 3.99. The summed E-state index contributed by atoms with van der Waals surface area (Å²) in [6.45, 7) is 2.59. The first-order valence-corrected chi connectivity index (χ1v) is 8.56. The Hall–Kier alpha value is -0.830. The Morgan fingerprint density at radius 3 is 2.09 bits per heavy atom. The van der Waals surface area contributed by atoms with Gasteiger partial charge in [0.2, 0.25) is 10.0 Å². The lowest BCUT2D eigenvalue weighted by atomic mass is 10.0. The quantitative estimate of drug-likeness (QED) is 0.886. The van der Waals surface area contributed by atoms with Gasteiger partial charge in [-0.2, -0.15) is 17.5 Å². The van der Waals surface area contributed by atoms with Crippen LogP contribution in [0.2, 0.25) is 0 Å². The van der Waals surface area contributed by atoms with Gasteiger partial charge in [-0.15, -0.1) is 12.4 Å². The molecule has 9 heteroatoms. The minimum absolute atomic E-state index is 0. The van der Waals surface area contributed by atoms with Crippen molar-refractivity contribution >= 4 is 22.4 Å². The first kappa shape index (κ1) is 18.5. The average Bonchev–Trinajstić information content (AvgIpc) is 2.98. The maximum atomic E-state index is 12.5. The summed E-state index contributed by atoms with van der Waals surface area (Å²) >= 11 is 0. The Kier molecular flexibility index (Phi) is 5.30. The van der Waals surface area contributed by atoms with E-state index in [1.54, 1.807) is 0 Å². The maximum Gasteiger partial charge on any atom is 0.393 e. The second kappa shape index (κ2) is 6.58. The van der Waals surface area contributed by atoms with Crippen LogP contribution < -0.4 is 5.32 Å². The molecule has 2 saturated heterocycles. The van der Waals surface area contributed by atoms with E-state index in [-0.39, 0.29) is 22.9 Å². The predicted molar refractivity (Wildman–Crippen MR) is 82.1 cm³/mol. The van der Waals surface area contributed by atoms with Crippen molar-refractivity contribution < 1.29 is 21.6 Å². The fourth-order valence-electron chi connectivity index (χ4n) is 3.17. The molecule has 1 N–H and O–H groups in total. The zero-order valence-electron chi connectivity index (χ0n) is 12.2. The lowest BCUT2D eigenvalue weighted by Crippen LogP contribution is -2.31. The number of nitrogens with zero attached hydrogens (tertiary/aromatic N) is 1. The fraction of sp³-hybridized carbons (Fsp3) is 0.571. The minimum Gasteiger partial charge on any atom is -0.316 e. The molecule has 0 aromatic heterocycles. The normalized spacial score (nSPS) is 25.2. The topological polar surface area (TPSA) is 49.4 Å². The van der Waals surface area contributed by atoms with E-state index in [9.17, 15) is 21.6 Å². The summed E-state index contributed by atoms with van der Waals surface area (Å²) in [4.78, 5) is 0.0614. The van der Waals surface area contributed by atoms with Crippen molar-refractivity contribution in [2.45, 2.75) is 17.5 Å². The van der Waals surface area contributed by atoms with Crippen molar-refractivity contribution in [1.82, 2.24) is 9.62 Å². The Balaban J connectivity index is 0.00000192. The molecule has 4 nitrogen and oxygen atoms in total. The van der Waals surface area contributed by atoms with Crippen molar-refractivity contribution in [3.05, 3.63) is 29.8 Å². The van der Waals surface area contributed by atoms with Gasteiger partial charge in [0.1, 0.15) is 0 Å². The number of sulfonamides is 1. The van der Waals surface area contributed by atoms with Gasteiger partial charge in [0, 0.05) is 13.1 Å². The second-order valence-electron chi connectivity index (χ2n) is 5.94. The molecule has 0 radical (unpaired) electrons. The van der Waals surface area contributed by atoms with Gasteiger partial charge in [0.25, 0.3) is 0 Å². The van der Waals surface area contributed by atoms with Crippen LogP contribution >= 0.6 is 12.4 Å². The van der Waals surface area contributed by atoms with E-state index in [4.69, 9.17) is 0 Å². The molecule has 0 unspecified atom stereocenters. The predicted octanol–water partition coefficient (Wildman–Crippen LogP) is 2.05. The van der Waals surface area contributed by atoms with Crippen LogP contribution in [0.5, 0.6) is 0 Å². The van der Waals surface area contributed by atoms with E-state index < -0.39 is 22.6 Å². The van der Waals surface area contributed by atoms with Gasteiger partial charge in [-0.3, -0.25) is 0 Å². The van der Waals surface area contributed by atoms with Crippen LogP contribution in [0.3, 0.4) is 0 Å². The van der Waals surface area contributed by atoms with Crippen LogP contribution in [0.4, 0.5) is 13.2 Å². The van der Waals surface area contributed by atoms with Crippen molar-refractivity contribution in [2.24, 2.45) is 11.8 Å². The fourth-order valence-corrected chi connectivity index (χ4v) is 4.72. The van der Waals surface area contributed by atoms with Gasteiger partial charge in [-0.1, -0.05) is 12.1 Å². The highest BCUT2D eigenvalue weighted by molar-refractivity contribution is 7.89. The zero-order valence-corrected chi connectivity index (χ0v) is 13.8. The second-order valence-corrected chi connectivity index (χ2v) is 7.87. The molecule has 23 heavy (non-hydrogen) atoms. The number of hydrogen-bond acceptors (Lipinski definition) is 3. The first-order chi connectivity index (χ1) is 10.3. The van der Waals surface area contributed by atoms with Crippen LogP contribution in [0.25, 0.3) is 0 Å². The monoisotopic (exact) mass is 370 g/mol. The number of benzene rings is 1. The van der Waals surface area contributed by atoms with Crippen molar-refractivity contribution in [1.29, 1.82) is 0 Å². The van der Waals surface area contributed by atoms with Gasteiger partial charge in [-0.25, -0.2) is 8.42 Å². The Bertz CT molecular complexity index is 637. The highest BCUT2D eigenvalue weighted by atomic mass is 35.5. The third-order valence-electron chi connectivity index (χ3n) is 4.32. The summed E-state index contributed by atoms with van der Waals surface area (Å²) in [5.74, 6) is 0.665. The van der Waals surface area contributed by atoms with Crippen molar-refractivity contribution in [2.75, 3.05) is 26.2 Å². The number of rotatable bonds is 3. The summed E-state index contributed by atoms with van der Waals surface area (Å²) in [6, 6.07) is 5.00. The van der Waals surface area contributed by atoms with Crippen molar-refractivity contribution in [3.63, 3.8) is 0 Å². The third-order valence-corrected chi connectivity index (χ3v) is 6.17. The van der Waals surface area contributed by atoms with Gasteiger partial charge in [-0.05, 0) is 42.6 Å². The SMILES string of the molecule is Cl.O=S(=O)(c1ccc(CC(F)(F)F)cc1)N1C[C@H]2CNC[C@H]2C1. The summed E-state index contributed by atoms with van der Waals surface area (Å²) in [5, 5.41) is 3.24. The van der Waals surface area contributed by atoms with E-state index in [0.717, 1.165) is 13.1 Å². The molecule has 2 aliphatic heterocycles. The van der Waals surface area contributed by atoms with Crippen molar-refractivity contribution in [3.8, 4) is 0 Å². The molecule has 1 aromatic carbocycles. The van der Waals surface area contributed by atoms with E-state index in [1.165, 1.54) is 28.6 Å². The summed E-state index contributed by atoms with van der Waals surface area (Å²) in [5.41, 5.74) is 0.0638. The first-order valence-electron chi connectivity index (χ1n) is 7.12. The summed E-state index contributed by atoms with van der Waals surface area (Å²) < 4.78 is 63.5. The number of halogens is 4. The van der Waals surface area contributed by atoms with Crippen LogP contribution in [0, 0.1) is 11.8 Å². The molecule has 0 spiro atoms. The minimum atomic E-state index is -4.29. The van der Waals surface area contributed by atoms with Gasteiger partial charge in [0.05, 0.1) is 11.3 Å². The Labute approximate surface area is 139 Å². The molecule has 2 atom stereocenters. The number of hydrogen-bond donors (Lipinski definition) is 1. The average molecular weight is 371 g/mol. The molecule has 1 aromatic rings. The number of nitrogens with one attached hydrogen (secondary N) is 1. The molecule has 130 valence electrons. The number of fused-ring (bicyclic) bond motifs is 1. The molecule has 0 amide bonds. The maximum absolute atomic E-state index is 12.5. The molecule has 2 aliphatic rings. The van der Waals surface area contributed by atoms with Gasteiger partial charge < -0.3 is 5.32 Å². The highest BCUT2D eigenvalue weighted by Crippen LogP contribution is 2.31. The number of alkyl halides is 3. The lowest BCUT2D eigenvalue weighted by Gasteiger charge is -2.17. The molecule has 0 aliphatic carbocycles. The van der Waals surface area contributed by atoms with Crippen LogP contribution in [0.1, 0.15) is 5.56 Å². The summed E-state index contributed by atoms with van der Waals surface area (Å²) in [6.07, 6.45) is -5.34. The molecule has 0 saturated carbocycles. The molecule has 3 rings (SSSR count). The summed E-state index contributed by atoms with van der Waals surface area (Å²) in [7, 11) is -3.62. The molecular formula is C14H18ClF3N2O2S. The van der Waals surface area contributed by atoms with Gasteiger partial charge >= 0.3 is 6.18 Å². The Morgan fingerprint density at radius 1 is 1.09 bits per heavy atom. The van der Waals surface area contributed by atoms with Crippen LogP contribution in [0.15, 0.2) is 29.2 Å². The van der Waals surface area contributed by atoms with E-state index in [0.29, 0.717) is 24.9 Å². The highest BCUT2D eigenvalue weighted by Gasteiger charge is 2.41. The zero-order chi connectivity index (χ0) is 16.0. The van der Waals surface area contributed by atoms with E-state index in [1.807, 2.05) is 0 Å². The smallest absolute Gasteiger partial charge is 0.316 e. The Morgan fingerprint density at radius 2 is 1.61 bits per heavy atom. The van der Waals surface area contributed by atoms with Gasteiger partial charge in [0.15, 0.2) is 0 Å². The molecular weight excluding hydrogens is 353 g/mol. The molecule has 0 bridgehead atoms. The molecule has 2 heterocycles. The van der Waals surface area contributed by atoms with Crippen LogP contribution in [-0.2, 0) is 16.4 Å². The lowest BCUT2D eigenvalue weighted by molar-refractivity contribution is -0.127. The largest absolute Gasteiger partial charge is 0.393 e.